The largest absolute Gasteiger partial charge is 0.365 e. The molecule has 1 radical (unpaired) electrons. The van der Waals surface area contributed by atoms with Crippen LogP contribution in [-0.4, -0.2) is 19.6 Å². The number of hydrogen-bond acceptors (Lipinski definition) is 1. The first-order valence-electron chi connectivity index (χ1n) is 2.50. The van der Waals surface area contributed by atoms with Gasteiger partial charge >= 0.3 is 0 Å². The smallest absolute Gasteiger partial charge is 0.232 e. The highest BCUT2D eigenvalue weighted by atomic mass is 16.1. The molecule has 37 valence electrons. The van der Waals surface area contributed by atoms with E-state index in [0.29, 0.717) is 0 Å². The molecule has 0 aromatic carbocycles. The van der Waals surface area contributed by atoms with Gasteiger partial charge in [0.25, 0.3) is 0 Å². The summed E-state index contributed by atoms with van der Waals surface area (Å²) in [5, 5.41) is 2.69. The zero-order chi connectivity index (χ0) is 5.11. The summed E-state index contributed by atoms with van der Waals surface area (Å²) in [7, 11) is 1.68. The van der Waals surface area contributed by atoms with Gasteiger partial charge in [0.2, 0.25) is 7.28 Å². The van der Waals surface area contributed by atoms with E-state index < -0.39 is 0 Å². The lowest BCUT2D eigenvalue weighted by molar-refractivity contribution is 0.258. The molecule has 0 spiro atoms. The van der Waals surface area contributed by atoms with Gasteiger partial charge in [-0.05, 0) is 6.42 Å². The first-order valence-corrected chi connectivity index (χ1v) is 2.50. The maximum absolute atomic E-state index is 10.3. The molecular weight excluding hydrogens is 88.9 g/mol. The lowest BCUT2D eigenvalue weighted by Gasteiger charge is -2.08. The third-order valence-corrected chi connectivity index (χ3v) is 1.01. The van der Waals surface area contributed by atoms with Crippen molar-refractivity contribution in [2.75, 3.05) is 6.54 Å². The van der Waals surface area contributed by atoms with Crippen molar-refractivity contribution < 1.29 is 4.79 Å². The van der Waals surface area contributed by atoms with Crippen LogP contribution in [0.2, 0.25) is 6.32 Å². The van der Waals surface area contributed by atoms with Gasteiger partial charge in [-0.15, -0.1) is 0 Å². The molecule has 0 saturated carbocycles. The van der Waals surface area contributed by atoms with Crippen molar-refractivity contribution in [3.63, 3.8) is 0 Å². The van der Waals surface area contributed by atoms with Crippen molar-refractivity contribution in [2.45, 2.75) is 12.7 Å². The Labute approximate surface area is 43.5 Å². The zero-order valence-corrected chi connectivity index (χ0v) is 4.11. The van der Waals surface area contributed by atoms with E-state index in [1.54, 1.807) is 7.28 Å². The molecule has 1 amide bonds. The summed E-state index contributed by atoms with van der Waals surface area (Å²) in [6.45, 7) is 0.856. The van der Waals surface area contributed by atoms with Crippen LogP contribution in [0, 0.1) is 0 Å². The highest BCUT2D eigenvalue weighted by molar-refractivity contribution is 6.73. The Bertz CT molecular complexity index is 75.8. The standard InChI is InChI=1S/C4H7BNO/c7-4-5-2-1-3-6-4/h1-3H2,(H,6,7). The number of amides is 1. The van der Waals surface area contributed by atoms with Crippen LogP contribution < -0.4 is 5.32 Å². The van der Waals surface area contributed by atoms with Gasteiger partial charge in [-0.2, -0.15) is 0 Å². The van der Waals surface area contributed by atoms with Crippen LogP contribution in [0.15, 0.2) is 0 Å². The molecule has 0 aromatic heterocycles. The Kier molecular flexibility index (Phi) is 1.34. The first-order chi connectivity index (χ1) is 3.39. The molecule has 0 bridgehead atoms. The molecular formula is C4H7BNO. The van der Waals surface area contributed by atoms with E-state index in [0.717, 1.165) is 19.3 Å². The molecule has 1 aliphatic heterocycles. The lowest BCUT2D eigenvalue weighted by atomic mass is 9.70. The fraction of sp³-hybridized carbons (Fsp3) is 0.750. The topological polar surface area (TPSA) is 29.1 Å². The summed E-state index contributed by atoms with van der Waals surface area (Å²) in [6, 6.07) is 0. The molecule has 0 atom stereocenters. The second kappa shape index (κ2) is 2.00. The van der Waals surface area contributed by atoms with E-state index in [-0.39, 0.29) is 5.81 Å². The average Bonchev–Trinajstić information content (AvgIpc) is 1.69. The molecule has 0 aliphatic carbocycles. The van der Waals surface area contributed by atoms with Crippen molar-refractivity contribution in [3.05, 3.63) is 0 Å². The second-order valence-electron chi connectivity index (χ2n) is 1.64. The van der Waals surface area contributed by atoms with E-state index >= 15 is 0 Å². The molecule has 7 heavy (non-hydrogen) atoms. The minimum absolute atomic E-state index is 0.0891. The van der Waals surface area contributed by atoms with Crippen LogP contribution in [0.1, 0.15) is 6.42 Å². The minimum Gasteiger partial charge on any atom is -0.365 e. The van der Waals surface area contributed by atoms with E-state index in [1.165, 1.54) is 0 Å². The molecule has 0 aromatic rings. The molecule has 1 aliphatic rings. The van der Waals surface area contributed by atoms with Crippen LogP contribution in [0.25, 0.3) is 0 Å². The van der Waals surface area contributed by atoms with Crippen molar-refractivity contribution >= 4 is 13.1 Å². The Morgan fingerprint density at radius 1 is 1.71 bits per heavy atom. The molecule has 1 saturated heterocycles. The maximum Gasteiger partial charge on any atom is 0.232 e. The van der Waals surface area contributed by atoms with Crippen LogP contribution >= 0.6 is 0 Å². The highest BCUT2D eigenvalue weighted by Crippen LogP contribution is 1.92. The fourth-order valence-electron chi connectivity index (χ4n) is 0.619. The van der Waals surface area contributed by atoms with Crippen molar-refractivity contribution in [3.8, 4) is 0 Å². The Balaban J connectivity index is 2.25. The fourth-order valence-corrected chi connectivity index (χ4v) is 0.619. The van der Waals surface area contributed by atoms with Crippen LogP contribution in [0.5, 0.6) is 0 Å². The summed E-state index contributed by atoms with van der Waals surface area (Å²) in [5.41, 5.74) is 0. The highest BCUT2D eigenvalue weighted by Gasteiger charge is 2.06. The monoisotopic (exact) mass is 96.1 g/mol. The number of hydrogen-bond donors (Lipinski definition) is 1. The Morgan fingerprint density at radius 2 is 2.57 bits per heavy atom. The SMILES string of the molecule is O=C1[B]CCCN1. The quantitative estimate of drug-likeness (QED) is 0.429. The number of carbonyl (C=O) groups is 1. The summed E-state index contributed by atoms with van der Waals surface area (Å²) in [5.74, 6) is 0.0891. The average molecular weight is 95.9 g/mol. The summed E-state index contributed by atoms with van der Waals surface area (Å²) < 4.78 is 0. The summed E-state index contributed by atoms with van der Waals surface area (Å²) in [6.07, 6.45) is 2.05. The predicted octanol–water partition coefficient (Wildman–Crippen LogP) is 0.222. The summed E-state index contributed by atoms with van der Waals surface area (Å²) in [4.78, 5) is 10.3. The molecule has 2 nitrogen and oxygen atoms in total. The van der Waals surface area contributed by atoms with E-state index in [2.05, 4.69) is 5.32 Å². The van der Waals surface area contributed by atoms with Gasteiger partial charge < -0.3 is 5.32 Å². The van der Waals surface area contributed by atoms with Crippen LogP contribution in [0.3, 0.4) is 0 Å². The van der Waals surface area contributed by atoms with E-state index in [9.17, 15) is 4.79 Å². The minimum atomic E-state index is 0.0891. The van der Waals surface area contributed by atoms with Gasteiger partial charge in [0.1, 0.15) is 0 Å². The molecule has 0 unspecified atom stereocenters. The predicted molar refractivity (Wildman–Crippen MR) is 28.6 cm³/mol. The van der Waals surface area contributed by atoms with Crippen LogP contribution in [-0.2, 0) is 0 Å². The van der Waals surface area contributed by atoms with Gasteiger partial charge in [0.05, 0.1) is 0 Å². The van der Waals surface area contributed by atoms with Crippen LogP contribution in [0.4, 0.5) is 4.79 Å². The van der Waals surface area contributed by atoms with Gasteiger partial charge in [-0.3, -0.25) is 4.79 Å². The molecule has 1 fully saturated rings. The second-order valence-corrected chi connectivity index (χ2v) is 1.64. The first kappa shape index (κ1) is 4.69. The van der Waals surface area contributed by atoms with Crippen molar-refractivity contribution in [2.24, 2.45) is 0 Å². The number of nitrogens with one attached hydrogen (secondary N) is 1. The lowest BCUT2D eigenvalue weighted by Crippen LogP contribution is -2.32. The third kappa shape index (κ3) is 1.22. The van der Waals surface area contributed by atoms with E-state index in [4.69, 9.17) is 0 Å². The van der Waals surface area contributed by atoms with Gasteiger partial charge in [0.15, 0.2) is 5.81 Å². The maximum atomic E-state index is 10.3. The molecule has 1 rings (SSSR count). The van der Waals surface area contributed by atoms with Gasteiger partial charge in [-0.25, -0.2) is 0 Å². The number of carbonyl (C=O) groups excluding carboxylic acids is 1. The van der Waals surface area contributed by atoms with Crippen molar-refractivity contribution in [1.82, 2.24) is 5.32 Å². The van der Waals surface area contributed by atoms with Gasteiger partial charge in [0, 0.05) is 6.54 Å². The Hall–Kier alpha value is -0.465. The Morgan fingerprint density at radius 3 is 2.86 bits per heavy atom. The van der Waals surface area contributed by atoms with Gasteiger partial charge in [-0.1, -0.05) is 6.32 Å². The summed E-state index contributed by atoms with van der Waals surface area (Å²) >= 11 is 0. The van der Waals surface area contributed by atoms with E-state index in [1.807, 2.05) is 0 Å². The molecule has 3 heteroatoms. The van der Waals surface area contributed by atoms with Crippen molar-refractivity contribution in [1.29, 1.82) is 0 Å². The molecule has 1 heterocycles. The molecule has 1 N–H and O–H groups in total. The third-order valence-electron chi connectivity index (χ3n) is 1.01. The zero-order valence-electron chi connectivity index (χ0n) is 4.11. The number of rotatable bonds is 0. The normalized spacial score (nSPS) is 20.3.